The molecule has 1 heterocycles. The fraction of sp³-hybridized carbons (Fsp3) is 0.125. The number of pyridine rings is 1. The van der Waals surface area contributed by atoms with Crippen LogP contribution >= 0.6 is 12.2 Å². The third-order valence-electron chi connectivity index (χ3n) is 3.05. The van der Waals surface area contributed by atoms with Gasteiger partial charge in [0.15, 0.2) is 5.11 Å². The first-order chi connectivity index (χ1) is 12.0. The molecule has 8 nitrogen and oxygen atoms in total. The van der Waals surface area contributed by atoms with Crippen molar-refractivity contribution in [2.45, 2.75) is 0 Å². The number of carbonyl (C=O) groups is 2. The zero-order chi connectivity index (χ0) is 18.2. The summed E-state index contributed by atoms with van der Waals surface area (Å²) >= 11 is 4.99. The number of benzene rings is 1. The van der Waals surface area contributed by atoms with E-state index in [-0.39, 0.29) is 5.11 Å². The van der Waals surface area contributed by atoms with E-state index >= 15 is 0 Å². The zero-order valence-corrected chi connectivity index (χ0v) is 14.3. The van der Waals surface area contributed by atoms with E-state index in [0.717, 1.165) is 0 Å². The maximum Gasteiger partial charge on any atom is 0.271 e. The van der Waals surface area contributed by atoms with Crippen molar-refractivity contribution >= 4 is 29.1 Å². The van der Waals surface area contributed by atoms with Crippen LogP contribution in [-0.4, -0.2) is 36.1 Å². The van der Waals surface area contributed by atoms with Gasteiger partial charge in [-0.05, 0) is 36.5 Å². The molecule has 2 amide bonds. The summed E-state index contributed by atoms with van der Waals surface area (Å²) in [6.45, 7) is 0. The van der Waals surface area contributed by atoms with Crippen LogP contribution in [0.15, 0.2) is 42.7 Å². The molecule has 0 aliphatic carbocycles. The van der Waals surface area contributed by atoms with Gasteiger partial charge in [0.2, 0.25) is 0 Å². The van der Waals surface area contributed by atoms with Gasteiger partial charge in [0, 0.05) is 24.0 Å². The predicted octanol–water partition coefficient (Wildman–Crippen LogP) is 1.05. The number of rotatable bonds is 4. The van der Waals surface area contributed by atoms with Gasteiger partial charge in [-0.1, -0.05) is 0 Å². The second-order valence-corrected chi connectivity index (χ2v) is 5.11. The number of ether oxygens (including phenoxy) is 2. The third-order valence-corrected chi connectivity index (χ3v) is 3.26. The van der Waals surface area contributed by atoms with E-state index in [9.17, 15) is 9.59 Å². The van der Waals surface area contributed by atoms with Crippen LogP contribution in [0.3, 0.4) is 0 Å². The number of methoxy groups -OCH3 is 2. The van der Waals surface area contributed by atoms with E-state index < -0.39 is 11.8 Å². The Hall–Kier alpha value is -3.20. The average molecular weight is 360 g/mol. The molecule has 0 aliphatic heterocycles. The van der Waals surface area contributed by atoms with Crippen LogP contribution in [0.2, 0.25) is 0 Å². The first-order valence-electron chi connectivity index (χ1n) is 7.08. The van der Waals surface area contributed by atoms with Gasteiger partial charge in [-0.2, -0.15) is 0 Å². The largest absolute Gasteiger partial charge is 0.497 e. The summed E-state index contributed by atoms with van der Waals surface area (Å²) < 4.78 is 10.2. The van der Waals surface area contributed by atoms with Gasteiger partial charge in [-0.3, -0.25) is 30.7 Å². The number of nitrogens with one attached hydrogen (secondary N) is 3. The van der Waals surface area contributed by atoms with Crippen molar-refractivity contribution < 1.29 is 19.1 Å². The highest BCUT2D eigenvalue weighted by Crippen LogP contribution is 2.22. The quantitative estimate of drug-likeness (QED) is 0.553. The van der Waals surface area contributed by atoms with Gasteiger partial charge in [0.05, 0.1) is 19.8 Å². The molecule has 2 aromatic rings. The summed E-state index contributed by atoms with van der Waals surface area (Å²) in [6, 6.07) is 7.93. The van der Waals surface area contributed by atoms with E-state index in [1.807, 2.05) is 0 Å². The molecule has 1 aromatic heterocycles. The molecule has 0 aliphatic rings. The van der Waals surface area contributed by atoms with Crippen molar-refractivity contribution in [3.05, 3.63) is 53.9 Å². The summed E-state index contributed by atoms with van der Waals surface area (Å²) in [7, 11) is 2.97. The second kappa shape index (κ2) is 8.60. The van der Waals surface area contributed by atoms with E-state index in [1.54, 1.807) is 24.4 Å². The van der Waals surface area contributed by atoms with Crippen molar-refractivity contribution in [2.24, 2.45) is 0 Å². The van der Waals surface area contributed by atoms with Crippen LogP contribution in [0, 0.1) is 0 Å². The monoisotopic (exact) mass is 360 g/mol. The van der Waals surface area contributed by atoms with Crippen molar-refractivity contribution in [3.8, 4) is 11.5 Å². The highest BCUT2D eigenvalue weighted by atomic mass is 32.1. The Morgan fingerprint density at radius 2 is 1.68 bits per heavy atom. The number of amides is 2. The lowest BCUT2D eigenvalue weighted by atomic mass is 10.2. The Balaban J connectivity index is 1.94. The molecule has 3 N–H and O–H groups in total. The van der Waals surface area contributed by atoms with Crippen LogP contribution in [-0.2, 0) is 0 Å². The summed E-state index contributed by atoms with van der Waals surface area (Å²) in [5.41, 5.74) is 5.45. The average Bonchev–Trinajstić information content (AvgIpc) is 2.66. The first kappa shape index (κ1) is 18.1. The number of nitrogens with zero attached hydrogens (tertiary/aromatic N) is 1. The van der Waals surface area contributed by atoms with Gasteiger partial charge in [0.25, 0.3) is 11.8 Å². The van der Waals surface area contributed by atoms with Crippen LogP contribution in [0.5, 0.6) is 11.5 Å². The Morgan fingerprint density at radius 3 is 2.24 bits per heavy atom. The molecule has 0 radical (unpaired) electrons. The Bertz CT molecular complexity index is 761. The standard InChI is InChI=1S/C16H16N4O4S/c1-23-12-6-11(7-13(8-12)24-2)14(21)18-16(25)20-19-15(22)10-4-3-5-17-9-10/h3-9H,1-2H3,(H,19,22)(H2,18,20,21,25). The molecule has 1 aromatic carbocycles. The molecular weight excluding hydrogens is 344 g/mol. The number of aromatic nitrogens is 1. The van der Waals surface area contributed by atoms with Gasteiger partial charge in [0.1, 0.15) is 11.5 Å². The summed E-state index contributed by atoms with van der Waals surface area (Å²) in [5.74, 6) is 0.0135. The molecule has 0 fully saturated rings. The van der Waals surface area contributed by atoms with Crippen LogP contribution in [0.25, 0.3) is 0 Å². The summed E-state index contributed by atoms with van der Waals surface area (Å²) in [6.07, 6.45) is 2.96. The lowest BCUT2D eigenvalue weighted by Gasteiger charge is -2.12. The van der Waals surface area contributed by atoms with E-state index in [1.165, 1.54) is 32.5 Å². The molecule has 2 rings (SSSR count). The van der Waals surface area contributed by atoms with Crippen LogP contribution < -0.4 is 25.6 Å². The molecule has 0 atom stereocenters. The van der Waals surface area contributed by atoms with Gasteiger partial charge >= 0.3 is 0 Å². The topological polar surface area (TPSA) is 102 Å². The van der Waals surface area contributed by atoms with E-state index in [4.69, 9.17) is 21.7 Å². The SMILES string of the molecule is COc1cc(OC)cc(C(=O)NC(=S)NNC(=O)c2cccnc2)c1. The summed E-state index contributed by atoms with van der Waals surface area (Å²) in [4.78, 5) is 27.9. The second-order valence-electron chi connectivity index (χ2n) is 4.71. The van der Waals surface area contributed by atoms with Crippen LogP contribution in [0.4, 0.5) is 0 Å². The van der Waals surface area contributed by atoms with Crippen molar-refractivity contribution in [1.29, 1.82) is 0 Å². The minimum atomic E-state index is -0.481. The van der Waals surface area contributed by atoms with Gasteiger partial charge < -0.3 is 9.47 Å². The molecule has 0 saturated carbocycles. The Labute approximate surface area is 149 Å². The minimum absolute atomic E-state index is 0.0657. The summed E-state index contributed by atoms with van der Waals surface area (Å²) in [5, 5.41) is 2.38. The molecule has 0 bridgehead atoms. The molecule has 130 valence electrons. The predicted molar refractivity (Wildman–Crippen MR) is 94.4 cm³/mol. The molecule has 0 unspecified atom stereocenters. The number of hydrogen-bond donors (Lipinski definition) is 3. The van der Waals surface area contributed by atoms with Gasteiger partial charge in [-0.25, -0.2) is 0 Å². The van der Waals surface area contributed by atoms with Crippen LogP contribution in [0.1, 0.15) is 20.7 Å². The Morgan fingerprint density at radius 1 is 1.00 bits per heavy atom. The first-order valence-corrected chi connectivity index (χ1v) is 7.49. The lowest BCUT2D eigenvalue weighted by Crippen LogP contribution is -2.48. The normalized spacial score (nSPS) is 9.68. The number of thiocarbonyl (C=S) groups is 1. The maximum atomic E-state index is 12.2. The van der Waals surface area contributed by atoms with Gasteiger partial charge in [-0.15, -0.1) is 0 Å². The Kier molecular flexibility index (Phi) is 6.24. The molecular formula is C16H16N4O4S. The van der Waals surface area contributed by atoms with Crippen molar-refractivity contribution in [2.75, 3.05) is 14.2 Å². The van der Waals surface area contributed by atoms with E-state index in [0.29, 0.717) is 22.6 Å². The highest BCUT2D eigenvalue weighted by molar-refractivity contribution is 7.80. The number of hydrazine groups is 1. The molecule has 9 heteroatoms. The fourth-order valence-corrected chi connectivity index (χ4v) is 1.97. The lowest BCUT2D eigenvalue weighted by molar-refractivity contribution is 0.0934. The molecule has 0 spiro atoms. The fourth-order valence-electron chi connectivity index (χ4n) is 1.83. The zero-order valence-electron chi connectivity index (χ0n) is 13.5. The highest BCUT2D eigenvalue weighted by Gasteiger charge is 2.12. The maximum absolute atomic E-state index is 12.2. The van der Waals surface area contributed by atoms with Crippen molar-refractivity contribution in [1.82, 2.24) is 21.2 Å². The smallest absolute Gasteiger partial charge is 0.271 e. The van der Waals surface area contributed by atoms with E-state index in [2.05, 4.69) is 21.2 Å². The molecule has 25 heavy (non-hydrogen) atoms. The molecule has 0 saturated heterocycles. The number of carbonyl (C=O) groups excluding carboxylic acids is 2. The number of hydrogen-bond acceptors (Lipinski definition) is 6. The minimum Gasteiger partial charge on any atom is -0.497 e. The van der Waals surface area contributed by atoms with Crippen molar-refractivity contribution in [3.63, 3.8) is 0 Å². The third kappa shape index (κ3) is 5.15.